The van der Waals surface area contributed by atoms with Crippen molar-refractivity contribution >= 4 is 34.8 Å². The molecule has 0 atom stereocenters. The van der Waals surface area contributed by atoms with Gasteiger partial charge in [-0.1, -0.05) is 31.0 Å². The molecule has 0 spiro atoms. The molecule has 1 heterocycles. The van der Waals surface area contributed by atoms with Crippen LogP contribution in [-0.2, 0) is 14.4 Å². The lowest BCUT2D eigenvalue weighted by Crippen LogP contribution is -2.36. The summed E-state index contributed by atoms with van der Waals surface area (Å²) in [6, 6.07) is 11.0. The number of nitrogens with one attached hydrogen (secondary N) is 3. The normalized spacial score (nSPS) is 13.9. The van der Waals surface area contributed by atoms with E-state index in [0.29, 0.717) is 18.2 Å². The minimum absolute atomic E-state index is 0.377. The van der Waals surface area contributed by atoms with Gasteiger partial charge >= 0.3 is 5.97 Å². The summed E-state index contributed by atoms with van der Waals surface area (Å²) in [6.45, 7) is -0.254. The molecule has 8 nitrogen and oxygen atoms in total. The van der Waals surface area contributed by atoms with Crippen LogP contribution in [-0.4, -0.2) is 41.1 Å². The van der Waals surface area contributed by atoms with Gasteiger partial charge in [0.1, 0.15) is 6.54 Å². The zero-order valence-corrected chi connectivity index (χ0v) is 17.0. The molecule has 1 aromatic carbocycles. The molecule has 0 unspecified atom stereocenters. The molecule has 1 aliphatic rings. The highest BCUT2D eigenvalue weighted by molar-refractivity contribution is 7.13. The molecule has 9 heteroatoms. The van der Waals surface area contributed by atoms with Crippen molar-refractivity contribution in [3.8, 4) is 10.4 Å². The molecule has 2 aromatic rings. The number of amides is 2. The molecule has 0 aliphatic heterocycles. The monoisotopic (exact) mass is 429 g/mol. The Labute approximate surface area is 177 Å². The highest BCUT2D eigenvalue weighted by Gasteiger charge is 2.26. The fourth-order valence-electron chi connectivity index (χ4n) is 2.80. The molecule has 1 aromatic heterocycles. The largest absolute Gasteiger partial charge is 0.494 e. The number of aliphatic carboxylic acids is 1. The summed E-state index contributed by atoms with van der Waals surface area (Å²) < 4.78 is 0. The van der Waals surface area contributed by atoms with Crippen molar-refractivity contribution in [3.05, 3.63) is 53.2 Å². The zero-order chi connectivity index (χ0) is 21.5. The molecule has 1 fully saturated rings. The lowest BCUT2D eigenvalue weighted by atomic mass is 10.1. The second kappa shape index (κ2) is 9.93. The second-order valence-electron chi connectivity index (χ2n) is 6.97. The van der Waals surface area contributed by atoms with Gasteiger partial charge in [0.25, 0.3) is 11.8 Å². The number of hydrogen-bond donors (Lipinski definition) is 5. The Morgan fingerprint density at radius 3 is 2.33 bits per heavy atom. The van der Waals surface area contributed by atoms with Crippen LogP contribution in [0.25, 0.3) is 10.4 Å². The van der Waals surface area contributed by atoms with Crippen LogP contribution in [0, 0.1) is 5.92 Å². The van der Waals surface area contributed by atoms with Crippen LogP contribution in [0.1, 0.15) is 19.3 Å². The van der Waals surface area contributed by atoms with Crippen molar-refractivity contribution in [1.82, 2.24) is 10.6 Å². The maximum Gasteiger partial charge on any atom is 0.322 e. The van der Waals surface area contributed by atoms with E-state index in [-0.39, 0.29) is 0 Å². The second-order valence-corrected chi connectivity index (χ2v) is 7.92. The van der Waals surface area contributed by atoms with Crippen molar-refractivity contribution in [2.75, 3.05) is 18.4 Å². The number of carbonyl (C=O) groups is 3. The molecule has 2 amide bonds. The van der Waals surface area contributed by atoms with Crippen LogP contribution >= 0.6 is 11.3 Å². The van der Waals surface area contributed by atoms with Crippen LogP contribution in [0.15, 0.2) is 53.2 Å². The summed E-state index contributed by atoms with van der Waals surface area (Å²) >= 11 is 1.59. The third kappa shape index (κ3) is 6.08. The number of carboxylic acids is 1. The summed E-state index contributed by atoms with van der Waals surface area (Å²) in [5.74, 6) is -3.03. The number of rotatable bonds is 10. The first-order valence-electron chi connectivity index (χ1n) is 9.56. The maximum absolute atomic E-state index is 12.7. The Hall–Kier alpha value is -3.33. The summed E-state index contributed by atoms with van der Waals surface area (Å²) in [5.41, 5.74) is 0.867. The van der Waals surface area contributed by atoms with Crippen LogP contribution in [0.4, 0.5) is 5.69 Å². The Kier molecular flexibility index (Phi) is 7.08. The number of thiophene rings is 1. The first kappa shape index (κ1) is 21.4. The van der Waals surface area contributed by atoms with E-state index < -0.39 is 35.8 Å². The van der Waals surface area contributed by atoms with Gasteiger partial charge in [-0.05, 0) is 41.5 Å². The molecule has 0 saturated heterocycles. The van der Waals surface area contributed by atoms with E-state index in [1.807, 2.05) is 29.6 Å². The zero-order valence-electron chi connectivity index (χ0n) is 16.2. The third-order valence-electron chi connectivity index (χ3n) is 4.58. The fourth-order valence-corrected chi connectivity index (χ4v) is 3.54. The first-order valence-corrected chi connectivity index (χ1v) is 10.4. The summed E-state index contributed by atoms with van der Waals surface area (Å²) in [7, 11) is 0. The molecular weight excluding hydrogens is 406 g/mol. The predicted molar refractivity (Wildman–Crippen MR) is 114 cm³/mol. The Bertz CT molecular complexity index is 934. The quantitative estimate of drug-likeness (QED) is 0.171. The van der Waals surface area contributed by atoms with Gasteiger partial charge in [-0.2, -0.15) is 0 Å². The van der Waals surface area contributed by atoms with Gasteiger partial charge in [0, 0.05) is 17.1 Å². The van der Waals surface area contributed by atoms with Crippen LogP contribution in [0.2, 0.25) is 0 Å². The maximum atomic E-state index is 12.7. The van der Waals surface area contributed by atoms with Gasteiger partial charge in [-0.25, -0.2) is 0 Å². The average Bonchev–Trinajstić information content (AvgIpc) is 3.37. The van der Waals surface area contributed by atoms with Gasteiger partial charge in [0.2, 0.25) is 5.88 Å². The standard InChI is InChI=1S/C21H23N3O5S/c25-17(26)12-23-20(28)18(19(27)22-10-9-13-3-4-13)21(29)24-15-7-5-14(6-8-15)16-2-1-11-30-16/h1-2,5-8,11,13,23,28H,3-4,9-10,12H2,(H,22,27)(H,24,29)(H,25,26). The van der Waals surface area contributed by atoms with Gasteiger partial charge in [-0.15, -0.1) is 11.3 Å². The van der Waals surface area contributed by atoms with Gasteiger partial charge in [-0.3, -0.25) is 14.4 Å². The highest BCUT2D eigenvalue weighted by atomic mass is 32.1. The Balaban J connectivity index is 1.70. The number of benzene rings is 1. The van der Waals surface area contributed by atoms with E-state index in [2.05, 4.69) is 16.0 Å². The molecule has 1 saturated carbocycles. The number of carboxylic acid groups (broad SMARTS) is 1. The topological polar surface area (TPSA) is 128 Å². The van der Waals surface area contributed by atoms with E-state index in [9.17, 15) is 19.5 Å². The fraction of sp³-hybridized carbons (Fsp3) is 0.286. The van der Waals surface area contributed by atoms with E-state index in [0.717, 1.165) is 29.7 Å². The average molecular weight is 429 g/mol. The number of carbonyl (C=O) groups excluding carboxylic acids is 2. The third-order valence-corrected chi connectivity index (χ3v) is 5.50. The lowest BCUT2D eigenvalue weighted by molar-refractivity contribution is -0.136. The molecule has 1 aliphatic carbocycles. The molecule has 5 N–H and O–H groups in total. The van der Waals surface area contributed by atoms with Crippen molar-refractivity contribution in [1.29, 1.82) is 0 Å². The van der Waals surface area contributed by atoms with Crippen molar-refractivity contribution in [2.45, 2.75) is 19.3 Å². The van der Waals surface area contributed by atoms with Crippen molar-refractivity contribution < 1.29 is 24.6 Å². The molecule has 0 bridgehead atoms. The van der Waals surface area contributed by atoms with E-state index in [1.54, 1.807) is 23.5 Å². The molecule has 158 valence electrons. The van der Waals surface area contributed by atoms with E-state index in [1.165, 1.54) is 0 Å². The highest BCUT2D eigenvalue weighted by Crippen LogP contribution is 2.31. The molecule has 30 heavy (non-hydrogen) atoms. The summed E-state index contributed by atoms with van der Waals surface area (Å²) in [5, 5.41) is 28.3. The molecule has 0 radical (unpaired) electrons. The first-order chi connectivity index (χ1) is 14.4. The lowest BCUT2D eigenvalue weighted by Gasteiger charge is -2.13. The minimum atomic E-state index is -1.24. The number of anilines is 1. The SMILES string of the molecule is O=C(O)CNC(O)=C(C(=O)NCCC1CC1)C(=O)Nc1ccc(-c2cccs2)cc1. The van der Waals surface area contributed by atoms with Crippen molar-refractivity contribution in [2.24, 2.45) is 5.92 Å². The van der Waals surface area contributed by atoms with Gasteiger partial charge < -0.3 is 26.2 Å². The van der Waals surface area contributed by atoms with Crippen LogP contribution < -0.4 is 16.0 Å². The predicted octanol–water partition coefficient (Wildman–Crippen LogP) is 2.71. The molecule has 3 rings (SSSR count). The van der Waals surface area contributed by atoms with Gasteiger partial charge in [0.15, 0.2) is 5.57 Å². The number of hydrogen-bond acceptors (Lipinski definition) is 6. The van der Waals surface area contributed by atoms with Crippen LogP contribution in [0.3, 0.4) is 0 Å². The van der Waals surface area contributed by atoms with E-state index in [4.69, 9.17) is 5.11 Å². The minimum Gasteiger partial charge on any atom is -0.494 e. The van der Waals surface area contributed by atoms with Gasteiger partial charge in [0.05, 0.1) is 0 Å². The number of aliphatic hydroxyl groups excluding tert-OH is 1. The molecular formula is C21H23N3O5S. The van der Waals surface area contributed by atoms with Crippen molar-refractivity contribution in [3.63, 3.8) is 0 Å². The Morgan fingerprint density at radius 2 is 1.73 bits per heavy atom. The smallest absolute Gasteiger partial charge is 0.322 e. The van der Waals surface area contributed by atoms with E-state index >= 15 is 0 Å². The summed E-state index contributed by atoms with van der Waals surface area (Å²) in [4.78, 5) is 37.0. The number of aliphatic hydroxyl groups is 1. The summed E-state index contributed by atoms with van der Waals surface area (Å²) in [6.07, 6.45) is 3.06. The van der Waals surface area contributed by atoms with Crippen LogP contribution in [0.5, 0.6) is 0 Å². The Morgan fingerprint density at radius 1 is 1.00 bits per heavy atom.